The van der Waals surface area contributed by atoms with Crippen molar-refractivity contribution in [1.82, 2.24) is 5.32 Å². The van der Waals surface area contributed by atoms with Crippen LogP contribution in [0.3, 0.4) is 0 Å². The molecule has 1 aromatic rings. The van der Waals surface area contributed by atoms with Crippen molar-refractivity contribution in [1.29, 1.82) is 0 Å². The molecule has 0 spiro atoms. The number of hydrogen-bond acceptors (Lipinski definition) is 4. The number of nitro benzene ring substituents is 1. The van der Waals surface area contributed by atoms with Crippen LogP contribution in [0.15, 0.2) is 18.2 Å². The van der Waals surface area contributed by atoms with E-state index in [1.54, 1.807) is 0 Å². The van der Waals surface area contributed by atoms with Gasteiger partial charge in [-0.3, -0.25) is 14.9 Å². The zero-order chi connectivity index (χ0) is 14.4. The summed E-state index contributed by atoms with van der Waals surface area (Å²) in [5, 5.41) is 16.4. The van der Waals surface area contributed by atoms with Crippen molar-refractivity contribution in [3.8, 4) is 0 Å². The summed E-state index contributed by atoms with van der Waals surface area (Å²) in [5.41, 5.74) is 0.126. The Bertz CT molecular complexity index is 479. The molecule has 1 aromatic carbocycles. The van der Waals surface area contributed by atoms with Crippen LogP contribution in [0, 0.1) is 10.1 Å². The quantitative estimate of drug-likeness (QED) is 0.621. The molecule has 2 N–H and O–H groups in total. The van der Waals surface area contributed by atoms with Crippen molar-refractivity contribution in [2.75, 3.05) is 11.9 Å². The van der Waals surface area contributed by atoms with Gasteiger partial charge in [0.25, 0.3) is 5.69 Å². The van der Waals surface area contributed by atoms with Gasteiger partial charge in [0, 0.05) is 17.8 Å². The molecule has 0 aliphatic rings. The minimum absolute atomic E-state index is 0.0423. The summed E-state index contributed by atoms with van der Waals surface area (Å²) < 4.78 is 0. The Hall–Kier alpha value is -1.66. The van der Waals surface area contributed by atoms with Crippen LogP contribution in [0.25, 0.3) is 0 Å². The van der Waals surface area contributed by atoms with E-state index in [2.05, 4.69) is 10.6 Å². The molecule has 1 atom stereocenters. The van der Waals surface area contributed by atoms with Gasteiger partial charge in [0.15, 0.2) is 0 Å². The first-order chi connectivity index (χ1) is 8.93. The fourth-order valence-electron chi connectivity index (χ4n) is 1.35. The lowest BCUT2D eigenvalue weighted by molar-refractivity contribution is -0.384. The van der Waals surface area contributed by atoms with Gasteiger partial charge in [0.05, 0.1) is 11.5 Å². The van der Waals surface area contributed by atoms with Crippen LogP contribution in [0.2, 0.25) is 5.02 Å². The van der Waals surface area contributed by atoms with Crippen molar-refractivity contribution in [3.63, 3.8) is 0 Å². The van der Waals surface area contributed by atoms with Crippen LogP contribution in [0.1, 0.15) is 20.3 Å². The Kier molecular flexibility index (Phi) is 5.72. The number of carbonyl (C=O) groups excluding carboxylic acids is 1. The molecule has 7 heteroatoms. The number of nitrogens with one attached hydrogen (secondary N) is 2. The summed E-state index contributed by atoms with van der Waals surface area (Å²) in [5.74, 6) is -0.253. The second-order valence-corrected chi connectivity index (χ2v) is 4.57. The first-order valence-electron chi connectivity index (χ1n) is 5.91. The van der Waals surface area contributed by atoms with Gasteiger partial charge in [-0.2, -0.15) is 0 Å². The average molecular weight is 286 g/mol. The molecule has 19 heavy (non-hydrogen) atoms. The highest BCUT2D eigenvalue weighted by Crippen LogP contribution is 2.27. The SMILES string of the molecule is CCC(C)NCC(=O)Nc1ccc(Cl)c([N+](=O)[O-])c1. The first-order valence-corrected chi connectivity index (χ1v) is 6.29. The summed E-state index contributed by atoms with van der Waals surface area (Å²) in [6.45, 7) is 4.14. The molecule has 6 nitrogen and oxygen atoms in total. The Morgan fingerprint density at radius 1 is 1.53 bits per heavy atom. The van der Waals surface area contributed by atoms with Crippen molar-refractivity contribution in [3.05, 3.63) is 33.3 Å². The Balaban J connectivity index is 2.64. The van der Waals surface area contributed by atoms with E-state index in [0.29, 0.717) is 5.69 Å². The Morgan fingerprint density at radius 3 is 2.79 bits per heavy atom. The summed E-state index contributed by atoms with van der Waals surface area (Å²) in [6, 6.07) is 4.39. The van der Waals surface area contributed by atoms with Gasteiger partial charge in [0.2, 0.25) is 5.91 Å². The van der Waals surface area contributed by atoms with Crippen LogP contribution < -0.4 is 10.6 Å². The molecular formula is C12H16ClN3O3. The number of halogens is 1. The molecule has 0 saturated heterocycles. The lowest BCUT2D eigenvalue weighted by Crippen LogP contribution is -2.33. The topological polar surface area (TPSA) is 84.3 Å². The van der Waals surface area contributed by atoms with E-state index in [1.807, 2.05) is 13.8 Å². The zero-order valence-electron chi connectivity index (χ0n) is 10.8. The summed E-state index contributed by atoms with van der Waals surface area (Å²) >= 11 is 5.68. The van der Waals surface area contributed by atoms with Crippen molar-refractivity contribution >= 4 is 28.9 Å². The molecule has 0 radical (unpaired) electrons. The third-order valence-corrected chi connectivity index (χ3v) is 2.97. The molecule has 0 heterocycles. The van der Waals surface area contributed by atoms with E-state index in [-0.39, 0.29) is 29.2 Å². The number of carbonyl (C=O) groups is 1. The van der Waals surface area contributed by atoms with Crippen LogP contribution in [0.5, 0.6) is 0 Å². The first kappa shape index (κ1) is 15.4. The van der Waals surface area contributed by atoms with Crippen LogP contribution in [-0.2, 0) is 4.79 Å². The number of amides is 1. The van der Waals surface area contributed by atoms with E-state index in [0.717, 1.165) is 6.42 Å². The zero-order valence-corrected chi connectivity index (χ0v) is 11.5. The van der Waals surface area contributed by atoms with Gasteiger partial charge < -0.3 is 10.6 Å². The highest BCUT2D eigenvalue weighted by atomic mass is 35.5. The molecule has 0 aromatic heterocycles. The van der Waals surface area contributed by atoms with Crippen LogP contribution in [0.4, 0.5) is 11.4 Å². The van der Waals surface area contributed by atoms with Crippen molar-refractivity contribution in [2.24, 2.45) is 0 Å². The molecule has 1 unspecified atom stereocenters. The minimum Gasteiger partial charge on any atom is -0.325 e. The molecule has 0 aliphatic carbocycles. The van der Waals surface area contributed by atoms with Crippen LogP contribution in [-0.4, -0.2) is 23.4 Å². The molecule has 1 amide bonds. The maximum Gasteiger partial charge on any atom is 0.289 e. The fourth-order valence-corrected chi connectivity index (χ4v) is 1.53. The normalized spacial score (nSPS) is 11.9. The maximum absolute atomic E-state index is 11.6. The fraction of sp³-hybridized carbons (Fsp3) is 0.417. The highest BCUT2D eigenvalue weighted by Gasteiger charge is 2.13. The van der Waals surface area contributed by atoms with Gasteiger partial charge in [-0.25, -0.2) is 0 Å². The molecule has 0 bridgehead atoms. The van der Waals surface area contributed by atoms with E-state index in [9.17, 15) is 14.9 Å². The monoisotopic (exact) mass is 285 g/mol. The Labute approximate surface area is 116 Å². The minimum atomic E-state index is -0.588. The van der Waals surface area contributed by atoms with Crippen LogP contribution >= 0.6 is 11.6 Å². The van der Waals surface area contributed by atoms with E-state index < -0.39 is 4.92 Å². The average Bonchev–Trinajstić information content (AvgIpc) is 2.37. The van der Waals surface area contributed by atoms with Crippen molar-refractivity contribution < 1.29 is 9.72 Å². The molecule has 0 saturated carbocycles. The molecule has 1 rings (SSSR count). The maximum atomic E-state index is 11.6. The smallest absolute Gasteiger partial charge is 0.289 e. The number of hydrogen-bond donors (Lipinski definition) is 2. The summed E-state index contributed by atoms with van der Waals surface area (Å²) in [4.78, 5) is 21.7. The van der Waals surface area contributed by atoms with Gasteiger partial charge in [-0.15, -0.1) is 0 Å². The van der Waals surface area contributed by atoms with E-state index >= 15 is 0 Å². The standard InChI is InChI=1S/C12H16ClN3O3/c1-3-8(2)14-7-12(17)15-9-4-5-10(13)11(6-9)16(18)19/h4-6,8,14H,3,7H2,1-2H3,(H,15,17). The predicted octanol–water partition coefficient (Wildman–Crippen LogP) is 2.57. The third-order valence-electron chi connectivity index (χ3n) is 2.65. The number of nitro groups is 1. The third kappa shape index (κ3) is 4.84. The van der Waals surface area contributed by atoms with E-state index in [1.165, 1.54) is 18.2 Å². The second kappa shape index (κ2) is 7.06. The van der Waals surface area contributed by atoms with Gasteiger partial charge in [-0.05, 0) is 25.5 Å². The molecule has 0 fully saturated rings. The number of nitrogens with zero attached hydrogens (tertiary/aromatic N) is 1. The number of anilines is 1. The Morgan fingerprint density at radius 2 is 2.21 bits per heavy atom. The number of rotatable bonds is 6. The van der Waals surface area contributed by atoms with Gasteiger partial charge >= 0.3 is 0 Å². The van der Waals surface area contributed by atoms with E-state index in [4.69, 9.17) is 11.6 Å². The largest absolute Gasteiger partial charge is 0.325 e. The lowest BCUT2D eigenvalue weighted by atomic mass is 10.2. The molecular weight excluding hydrogens is 270 g/mol. The molecule has 0 aliphatic heterocycles. The predicted molar refractivity (Wildman–Crippen MR) is 74.5 cm³/mol. The highest BCUT2D eigenvalue weighted by molar-refractivity contribution is 6.32. The van der Waals surface area contributed by atoms with Gasteiger partial charge in [0.1, 0.15) is 5.02 Å². The summed E-state index contributed by atoms with van der Waals surface area (Å²) in [7, 11) is 0. The molecule has 104 valence electrons. The lowest BCUT2D eigenvalue weighted by Gasteiger charge is -2.11. The number of benzene rings is 1. The van der Waals surface area contributed by atoms with Crippen molar-refractivity contribution in [2.45, 2.75) is 26.3 Å². The summed E-state index contributed by atoms with van der Waals surface area (Å²) in [6.07, 6.45) is 0.916. The van der Waals surface area contributed by atoms with Gasteiger partial charge in [-0.1, -0.05) is 18.5 Å². The second-order valence-electron chi connectivity index (χ2n) is 4.16.